The molecule has 0 saturated heterocycles. The summed E-state index contributed by atoms with van der Waals surface area (Å²) in [6, 6.07) is 8.02. The number of ether oxygens (including phenoxy) is 3. The molecule has 30 heavy (non-hydrogen) atoms. The predicted molar refractivity (Wildman–Crippen MR) is 117 cm³/mol. The van der Waals surface area contributed by atoms with Crippen LogP contribution in [0.5, 0.6) is 17.2 Å². The van der Waals surface area contributed by atoms with Crippen molar-refractivity contribution < 1.29 is 19.0 Å². The van der Waals surface area contributed by atoms with Gasteiger partial charge in [-0.05, 0) is 55.5 Å². The Bertz CT molecular complexity index is 943. The molecule has 0 radical (unpaired) electrons. The number of aromatic nitrogens is 1. The van der Waals surface area contributed by atoms with Gasteiger partial charge in [-0.2, -0.15) is 0 Å². The highest BCUT2D eigenvalue weighted by molar-refractivity contribution is 5.79. The molecule has 1 aliphatic rings. The lowest BCUT2D eigenvalue weighted by Crippen LogP contribution is -2.29. The summed E-state index contributed by atoms with van der Waals surface area (Å²) >= 11 is 0. The van der Waals surface area contributed by atoms with Crippen molar-refractivity contribution in [3.05, 3.63) is 47.1 Å². The van der Waals surface area contributed by atoms with Gasteiger partial charge in [0.1, 0.15) is 5.49 Å². The van der Waals surface area contributed by atoms with Crippen molar-refractivity contribution in [2.45, 2.75) is 57.9 Å². The Morgan fingerprint density at radius 1 is 1.03 bits per heavy atom. The Morgan fingerprint density at radius 3 is 2.43 bits per heavy atom. The Balaban J connectivity index is 1.83. The van der Waals surface area contributed by atoms with Gasteiger partial charge in [0.25, 0.3) is 0 Å². The van der Waals surface area contributed by atoms with E-state index in [0.29, 0.717) is 36.1 Å². The highest BCUT2D eigenvalue weighted by Gasteiger charge is 2.17. The average molecular weight is 413 g/mol. The summed E-state index contributed by atoms with van der Waals surface area (Å²) in [7, 11) is 4.76. The Morgan fingerprint density at radius 2 is 1.77 bits per heavy atom. The van der Waals surface area contributed by atoms with Crippen molar-refractivity contribution in [2.24, 2.45) is 4.99 Å². The molecule has 162 valence electrons. The second-order valence-corrected chi connectivity index (χ2v) is 7.74. The zero-order chi connectivity index (χ0) is 21.5. The number of carbonyl (C=O) groups excluding carboxylic acids is 1. The Labute approximate surface area is 178 Å². The van der Waals surface area contributed by atoms with Gasteiger partial charge in [0.15, 0.2) is 11.5 Å². The lowest BCUT2D eigenvalue weighted by atomic mass is 9.96. The third-order valence-electron chi connectivity index (χ3n) is 5.64. The number of nitrogens with zero attached hydrogens (tertiary/aromatic N) is 2. The molecule has 1 aliphatic carbocycles. The quantitative estimate of drug-likeness (QED) is 0.679. The maximum atomic E-state index is 13.1. The predicted octanol–water partition coefficient (Wildman–Crippen LogP) is 4.33. The van der Waals surface area contributed by atoms with Gasteiger partial charge in [-0.1, -0.05) is 25.3 Å². The molecule has 0 spiro atoms. The fourth-order valence-corrected chi connectivity index (χ4v) is 4.02. The average Bonchev–Trinajstić information content (AvgIpc) is 2.77. The van der Waals surface area contributed by atoms with Gasteiger partial charge in [-0.25, -0.2) is 0 Å². The smallest absolute Gasteiger partial charge is 0.232 e. The molecule has 1 fully saturated rings. The SMILES string of the molecule is COc1ccc(CCC(=O)n2ccc(C)cc2=NC2CCCCC2)c(OC)c1OC. The van der Waals surface area contributed by atoms with E-state index in [1.165, 1.54) is 19.3 Å². The lowest BCUT2D eigenvalue weighted by Gasteiger charge is -2.18. The van der Waals surface area contributed by atoms with Crippen molar-refractivity contribution >= 4 is 5.91 Å². The van der Waals surface area contributed by atoms with Crippen LogP contribution < -0.4 is 19.7 Å². The number of hydrogen-bond donors (Lipinski definition) is 0. The third kappa shape index (κ3) is 5.04. The molecular formula is C24H32N2O4. The maximum Gasteiger partial charge on any atom is 0.232 e. The van der Waals surface area contributed by atoms with E-state index in [-0.39, 0.29) is 5.91 Å². The van der Waals surface area contributed by atoms with Crippen LogP contribution in [0.3, 0.4) is 0 Å². The summed E-state index contributed by atoms with van der Waals surface area (Å²) < 4.78 is 18.0. The molecule has 1 aromatic carbocycles. The number of hydrogen-bond acceptors (Lipinski definition) is 5. The normalized spacial score (nSPS) is 15.1. The van der Waals surface area contributed by atoms with Gasteiger partial charge in [-0.3, -0.25) is 14.4 Å². The second-order valence-electron chi connectivity index (χ2n) is 7.74. The molecule has 0 aliphatic heterocycles. The highest BCUT2D eigenvalue weighted by Crippen LogP contribution is 2.40. The number of aryl methyl sites for hydroxylation is 2. The fourth-order valence-electron chi connectivity index (χ4n) is 4.02. The molecule has 2 aromatic rings. The molecule has 6 nitrogen and oxygen atoms in total. The molecular weight excluding hydrogens is 380 g/mol. The summed E-state index contributed by atoms with van der Waals surface area (Å²) in [5.74, 6) is 1.76. The zero-order valence-electron chi connectivity index (χ0n) is 18.4. The first kappa shape index (κ1) is 21.9. The van der Waals surface area contributed by atoms with Crippen molar-refractivity contribution in [2.75, 3.05) is 21.3 Å². The minimum Gasteiger partial charge on any atom is -0.493 e. The molecule has 0 atom stereocenters. The van der Waals surface area contributed by atoms with Crippen LogP contribution in [0.2, 0.25) is 0 Å². The van der Waals surface area contributed by atoms with Crippen molar-refractivity contribution in [3.8, 4) is 17.2 Å². The van der Waals surface area contributed by atoms with Crippen molar-refractivity contribution in [3.63, 3.8) is 0 Å². The van der Waals surface area contributed by atoms with Gasteiger partial charge in [0, 0.05) is 12.6 Å². The third-order valence-corrected chi connectivity index (χ3v) is 5.64. The summed E-state index contributed by atoms with van der Waals surface area (Å²) in [6.07, 6.45) is 8.63. The number of pyridine rings is 1. The van der Waals surface area contributed by atoms with Crippen molar-refractivity contribution in [1.29, 1.82) is 0 Å². The van der Waals surface area contributed by atoms with E-state index in [1.54, 1.807) is 25.9 Å². The van der Waals surface area contributed by atoms with Crippen LogP contribution in [-0.4, -0.2) is 37.8 Å². The van der Waals surface area contributed by atoms with Gasteiger partial charge < -0.3 is 14.2 Å². The lowest BCUT2D eigenvalue weighted by molar-refractivity contribution is 0.0897. The van der Waals surface area contributed by atoms with Crippen LogP contribution in [-0.2, 0) is 6.42 Å². The van der Waals surface area contributed by atoms with Crippen LogP contribution in [0.25, 0.3) is 0 Å². The van der Waals surface area contributed by atoms with Crippen LogP contribution in [0.4, 0.5) is 0 Å². The fraction of sp³-hybridized carbons (Fsp3) is 0.500. The first-order chi connectivity index (χ1) is 14.6. The maximum absolute atomic E-state index is 13.1. The van der Waals surface area contributed by atoms with Crippen LogP contribution in [0, 0.1) is 6.92 Å². The number of carbonyl (C=O) groups is 1. The molecule has 1 heterocycles. The van der Waals surface area contributed by atoms with E-state index in [2.05, 4.69) is 0 Å². The minimum absolute atomic E-state index is 0.0152. The molecule has 0 N–H and O–H groups in total. The molecule has 0 bridgehead atoms. The van der Waals surface area contributed by atoms with Gasteiger partial charge in [0.2, 0.25) is 11.7 Å². The largest absolute Gasteiger partial charge is 0.493 e. The van der Waals surface area contributed by atoms with Crippen LogP contribution >= 0.6 is 0 Å². The molecule has 1 aromatic heterocycles. The van der Waals surface area contributed by atoms with E-state index in [0.717, 1.165) is 29.5 Å². The number of benzene rings is 1. The molecule has 6 heteroatoms. The first-order valence-corrected chi connectivity index (χ1v) is 10.6. The molecule has 1 saturated carbocycles. The van der Waals surface area contributed by atoms with E-state index >= 15 is 0 Å². The summed E-state index contributed by atoms with van der Waals surface area (Å²) in [5, 5.41) is 0. The van der Waals surface area contributed by atoms with Crippen molar-refractivity contribution in [1.82, 2.24) is 4.57 Å². The van der Waals surface area contributed by atoms with E-state index in [1.807, 2.05) is 37.4 Å². The van der Waals surface area contributed by atoms with E-state index in [4.69, 9.17) is 19.2 Å². The molecule has 3 rings (SSSR count). The standard InChI is InChI=1S/C24H32N2O4/c1-17-14-15-26(21(16-17)25-19-8-6-5-7-9-19)22(27)13-11-18-10-12-20(28-2)24(30-4)23(18)29-3/h10,12,14-16,19H,5-9,11,13H2,1-4H3. The molecule has 0 amide bonds. The summed E-state index contributed by atoms with van der Waals surface area (Å²) in [6.45, 7) is 2.03. The van der Waals surface area contributed by atoms with E-state index in [9.17, 15) is 4.79 Å². The second kappa shape index (κ2) is 10.3. The van der Waals surface area contributed by atoms with Crippen LogP contribution in [0.1, 0.15) is 54.4 Å². The number of methoxy groups -OCH3 is 3. The summed E-state index contributed by atoms with van der Waals surface area (Å²) in [5.41, 5.74) is 2.77. The first-order valence-electron chi connectivity index (χ1n) is 10.6. The Hall–Kier alpha value is -2.76. The van der Waals surface area contributed by atoms with Gasteiger partial charge in [0.05, 0.1) is 27.4 Å². The Kier molecular flexibility index (Phi) is 7.55. The zero-order valence-corrected chi connectivity index (χ0v) is 18.4. The van der Waals surface area contributed by atoms with Crippen LogP contribution in [0.15, 0.2) is 35.5 Å². The summed E-state index contributed by atoms with van der Waals surface area (Å²) in [4.78, 5) is 18.0. The number of rotatable bonds is 7. The topological polar surface area (TPSA) is 62.1 Å². The van der Waals surface area contributed by atoms with E-state index < -0.39 is 0 Å². The minimum atomic E-state index is 0.0152. The van der Waals surface area contributed by atoms with Gasteiger partial charge >= 0.3 is 0 Å². The molecule has 0 unspecified atom stereocenters. The monoisotopic (exact) mass is 412 g/mol. The van der Waals surface area contributed by atoms with Gasteiger partial charge in [-0.15, -0.1) is 0 Å². The highest BCUT2D eigenvalue weighted by atomic mass is 16.5.